The Morgan fingerprint density at radius 2 is 1.71 bits per heavy atom. The van der Waals surface area contributed by atoms with Crippen LogP contribution in [0.4, 0.5) is 17.5 Å². The first-order valence-electron chi connectivity index (χ1n) is 19.0. The van der Waals surface area contributed by atoms with E-state index in [0.29, 0.717) is 54.7 Å². The molecule has 2 N–H and O–H groups in total. The molecule has 16 nitrogen and oxygen atoms in total. The molecule has 4 fully saturated rings. The number of pyridine rings is 1. The SMILES string of the molecule is CN(C)C(=O)c1cc2cnc(Nc3ccc(C4CN(C(=O)C5CN(c6cccc7c6n(C)c(=O)n7[C@@H]6CCC(=O)NC6=O)C5)C4)cn3)nc2n1C1CCCC1. The van der Waals surface area contributed by atoms with E-state index in [1.807, 2.05) is 47.5 Å². The van der Waals surface area contributed by atoms with Crippen LogP contribution >= 0.6 is 0 Å². The number of anilines is 3. The van der Waals surface area contributed by atoms with Crippen LogP contribution in [0.1, 0.15) is 72.6 Å². The van der Waals surface area contributed by atoms with Crippen molar-refractivity contribution in [1.82, 2.24) is 43.8 Å². The van der Waals surface area contributed by atoms with Crippen LogP contribution in [-0.4, -0.2) is 102 Å². The van der Waals surface area contributed by atoms with Crippen LogP contribution < -0.4 is 21.2 Å². The number of fused-ring (bicyclic) bond motifs is 2. The highest BCUT2D eigenvalue weighted by atomic mass is 16.2. The smallest absolute Gasteiger partial charge is 0.329 e. The standard InChI is InChI=1S/C39H43N11O5/c1-45(2)37(54)30-15-23-17-41-38(44-34(23)49(30)26-7-4-5-8-26)42-31-13-11-22(16-40-31)24-18-48(19-24)36(53)25-20-47(21-25)27-9-6-10-28-33(27)46(3)39(55)50(28)29-12-14-32(51)43-35(29)52/h6,9-11,13,15-17,24-26,29H,4-5,7-8,12,14,18-21H2,1-3H3,(H,43,51,52)(H,40,41,42,44)/t29-/m1/s1. The first-order valence-corrected chi connectivity index (χ1v) is 19.0. The Morgan fingerprint density at radius 1 is 0.927 bits per heavy atom. The largest absolute Gasteiger partial charge is 0.368 e. The minimum absolute atomic E-state index is 0.0500. The van der Waals surface area contributed by atoms with Gasteiger partial charge in [0.25, 0.3) is 5.91 Å². The highest BCUT2D eigenvalue weighted by Crippen LogP contribution is 2.37. The summed E-state index contributed by atoms with van der Waals surface area (Å²) in [5.41, 5.74) is 4.28. The molecule has 1 aromatic carbocycles. The van der Waals surface area contributed by atoms with Crippen LogP contribution in [0.5, 0.6) is 0 Å². The molecule has 0 unspecified atom stereocenters. The first kappa shape index (κ1) is 34.7. The minimum atomic E-state index is -0.753. The number of imidazole rings is 1. The van der Waals surface area contributed by atoms with E-state index >= 15 is 0 Å². The van der Waals surface area contributed by atoms with Gasteiger partial charge in [-0.2, -0.15) is 4.98 Å². The summed E-state index contributed by atoms with van der Waals surface area (Å²) in [6.07, 6.45) is 8.33. The predicted octanol–water partition coefficient (Wildman–Crippen LogP) is 3.08. The molecule has 5 aromatic rings. The monoisotopic (exact) mass is 745 g/mol. The van der Waals surface area contributed by atoms with Gasteiger partial charge in [0.05, 0.1) is 22.6 Å². The van der Waals surface area contributed by atoms with Crippen molar-refractivity contribution in [3.8, 4) is 0 Å². The molecule has 55 heavy (non-hydrogen) atoms. The van der Waals surface area contributed by atoms with Gasteiger partial charge in [0.15, 0.2) is 0 Å². The van der Waals surface area contributed by atoms with Crippen LogP contribution in [0, 0.1) is 5.92 Å². The number of nitrogens with zero attached hydrogens (tertiary/aromatic N) is 9. The molecule has 4 aromatic heterocycles. The average Bonchev–Trinajstić information content (AvgIpc) is 3.85. The van der Waals surface area contributed by atoms with Gasteiger partial charge in [0.2, 0.25) is 23.7 Å². The van der Waals surface area contributed by atoms with Crippen molar-refractivity contribution in [2.24, 2.45) is 13.0 Å². The lowest BCUT2D eigenvalue weighted by atomic mass is 9.89. The number of piperidine rings is 1. The van der Waals surface area contributed by atoms with Crippen LogP contribution in [0.2, 0.25) is 0 Å². The van der Waals surface area contributed by atoms with E-state index in [2.05, 4.69) is 30.1 Å². The number of para-hydroxylation sites is 1. The molecule has 0 radical (unpaired) electrons. The summed E-state index contributed by atoms with van der Waals surface area (Å²) in [6.45, 7) is 2.31. The number of carbonyl (C=O) groups is 4. The zero-order chi connectivity index (χ0) is 38.1. The van der Waals surface area contributed by atoms with Gasteiger partial charge in [0.1, 0.15) is 23.2 Å². The second kappa shape index (κ2) is 13.4. The first-order chi connectivity index (χ1) is 26.5. The fourth-order valence-electron chi connectivity index (χ4n) is 8.69. The Hall–Kier alpha value is -6.06. The maximum atomic E-state index is 13.5. The van der Waals surface area contributed by atoms with Gasteiger partial charge in [-0.05, 0) is 49.1 Å². The number of hydrogen-bond donors (Lipinski definition) is 2. The number of benzene rings is 1. The Morgan fingerprint density at radius 3 is 2.42 bits per heavy atom. The summed E-state index contributed by atoms with van der Waals surface area (Å²) >= 11 is 0. The summed E-state index contributed by atoms with van der Waals surface area (Å²) in [6, 6.07) is 10.9. The van der Waals surface area contributed by atoms with Crippen LogP contribution in [0.3, 0.4) is 0 Å². The lowest BCUT2D eigenvalue weighted by Gasteiger charge is -2.46. The van der Waals surface area contributed by atoms with Crippen molar-refractivity contribution >= 4 is 63.1 Å². The molecule has 0 spiro atoms. The van der Waals surface area contributed by atoms with Crippen molar-refractivity contribution in [2.45, 2.75) is 56.5 Å². The molecule has 4 aliphatic rings. The third-order valence-corrected chi connectivity index (χ3v) is 11.8. The third kappa shape index (κ3) is 5.90. The van der Waals surface area contributed by atoms with Crippen LogP contribution in [0.25, 0.3) is 22.1 Å². The molecule has 4 amide bonds. The molecule has 3 aliphatic heterocycles. The van der Waals surface area contributed by atoms with Crippen molar-refractivity contribution < 1.29 is 19.2 Å². The molecule has 7 heterocycles. The summed E-state index contributed by atoms with van der Waals surface area (Å²) in [4.78, 5) is 83.8. The summed E-state index contributed by atoms with van der Waals surface area (Å²) in [5, 5.41) is 6.41. The highest BCUT2D eigenvalue weighted by Gasteiger charge is 2.41. The maximum Gasteiger partial charge on any atom is 0.329 e. The lowest BCUT2D eigenvalue weighted by Crippen LogP contribution is -2.59. The average molecular weight is 746 g/mol. The third-order valence-electron chi connectivity index (χ3n) is 11.8. The second-order valence-electron chi connectivity index (χ2n) is 15.5. The van der Waals surface area contributed by atoms with E-state index in [4.69, 9.17) is 4.98 Å². The maximum absolute atomic E-state index is 13.5. The number of aromatic nitrogens is 6. The van der Waals surface area contributed by atoms with Gasteiger partial charge in [-0.25, -0.2) is 14.8 Å². The van der Waals surface area contributed by atoms with Gasteiger partial charge >= 0.3 is 5.69 Å². The number of imide groups is 1. The number of likely N-dealkylation sites (tertiary alicyclic amines) is 1. The van der Waals surface area contributed by atoms with E-state index in [9.17, 15) is 24.0 Å². The molecule has 284 valence electrons. The highest BCUT2D eigenvalue weighted by molar-refractivity contribution is 6.01. The van der Waals surface area contributed by atoms with E-state index in [1.165, 1.54) is 4.57 Å². The molecule has 1 aliphatic carbocycles. The number of aryl methyl sites for hydroxylation is 1. The zero-order valence-electron chi connectivity index (χ0n) is 31.1. The minimum Gasteiger partial charge on any atom is -0.368 e. The van der Waals surface area contributed by atoms with Crippen molar-refractivity contribution in [3.63, 3.8) is 0 Å². The normalized spacial score (nSPS) is 19.5. The molecule has 1 saturated carbocycles. The Kier molecular flexibility index (Phi) is 8.42. The van der Waals surface area contributed by atoms with E-state index in [1.54, 1.807) is 36.8 Å². The van der Waals surface area contributed by atoms with Gasteiger partial charge in [0, 0.05) is 83.5 Å². The van der Waals surface area contributed by atoms with Gasteiger partial charge in [-0.15, -0.1) is 0 Å². The Balaban J connectivity index is 0.827. The fourth-order valence-corrected chi connectivity index (χ4v) is 8.69. The summed E-state index contributed by atoms with van der Waals surface area (Å²) < 4.78 is 5.12. The fraction of sp³-hybridized carbons (Fsp3) is 0.436. The number of carbonyl (C=O) groups excluding carboxylic acids is 4. The number of rotatable bonds is 8. The number of nitrogens with one attached hydrogen (secondary N) is 2. The van der Waals surface area contributed by atoms with Crippen LogP contribution in [0.15, 0.2) is 53.6 Å². The number of hydrogen-bond acceptors (Lipinski definition) is 10. The lowest BCUT2D eigenvalue weighted by molar-refractivity contribution is -0.141. The van der Waals surface area contributed by atoms with Crippen molar-refractivity contribution in [3.05, 3.63) is 70.5 Å². The molecular formula is C39H43N11O5. The Labute approximate surface area is 316 Å². The molecule has 1 atom stereocenters. The topological polar surface area (TPSA) is 173 Å². The van der Waals surface area contributed by atoms with E-state index < -0.39 is 11.9 Å². The van der Waals surface area contributed by atoms with Gasteiger partial charge in [-0.1, -0.05) is 25.0 Å². The van der Waals surface area contributed by atoms with Crippen molar-refractivity contribution in [1.29, 1.82) is 0 Å². The molecular weight excluding hydrogens is 703 g/mol. The van der Waals surface area contributed by atoms with Gasteiger partial charge in [-0.3, -0.25) is 33.6 Å². The quantitative estimate of drug-likeness (QED) is 0.225. The zero-order valence-corrected chi connectivity index (χ0v) is 31.1. The molecule has 16 heteroatoms. The second-order valence-corrected chi connectivity index (χ2v) is 15.5. The van der Waals surface area contributed by atoms with Crippen molar-refractivity contribution in [2.75, 3.05) is 50.5 Å². The van der Waals surface area contributed by atoms with E-state index in [0.717, 1.165) is 48.0 Å². The molecule has 9 rings (SSSR count). The summed E-state index contributed by atoms with van der Waals surface area (Å²) in [7, 11) is 5.21. The van der Waals surface area contributed by atoms with Gasteiger partial charge < -0.3 is 24.6 Å². The van der Waals surface area contributed by atoms with E-state index in [-0.39, 0.29) is 54.1 Å². The number of amides is 4. The molecule has 3 saturated heterocycles. The molecule has 0 bridgehead atoms. The van der Waals surface area contributed by atoms with Crippen LogP contribution in [-0.2, 0) is 21.4 Å². The predicted molar refractivity (Wildman–Crippen MR) is 204 cm³/mol. The Bertz CT molecular complexity index is 2430. The summed E-state index contributed by atoms with van der Waals surface area (Å²) in [5.74, 6) is 0.319.